The first kappa shape index (κ1) is 33.3. The van der Waals surface area contributed by atoms with E-state index in [1.807, 2.05) is 75.4 Å². The maximum absolute atomic E-state index is 12.4. The van der Waals surface area contributed by atoms with E-state index < -0.39 is 16.8 Å². The summed E-state index contributed by atoms with van der Waals surface area (Å²) in [7, 11) is 0. The highest BCUT2D eigenvalue weighted by molar-refractivity contribution is 5.88. The van der Waals surface area contributed by atoms with E-state index in [9.17, 15) is 14.7 Å². The van der Waals surface area contributed by atoms with Gasteiger partial charge in [0.1, 0.15) is 30.8 Å². The first-order valence-electron chi connectivity index (χ1n) is 16.4. The summed E-state index contributed by atoms with van der Waals surface area (Å²) in [6, 6.07) is 22.1. The number of ether oxygens (including phenoxy) is 3. The molecule has 1 fully saturated rings. The molecule has 244 valence electrons. The number of piperidine rings is 1. The summed E-state index contributed by atoms with van der Waals surface area (Å²) in [6.45, 7) is 13.1. The number of hydrogen-bond donors (Lipinski definition) is 1. The van der Waals surface area contributed by atoms with Gasteiger partial charge in [-0.3, -0.25) is 14.5 Å². The molecule has 0 aromatic heterocycles. The number of carboxylic acids is 1. The van der Waals surface area contributed by atoms with Gasteiger partial charge in [0.15, 0.2) is 0 Å². The molecule has 2 aliphatic heterocycles. The number of aliphatic carboxylic acids is 1. The van der Waals surface area contributed by atoms with Crippen molar-refractivity contribution in [2.45, 2.75) is 73.0 Å². The standard InChI is InChI=1S/C39H47NO6/c1-38(2,3)37(43)45-26-28-11-14-31-24-33(29-12-9-27(10-13-29)25-39(4,5)36(41)42)35(46-34(31)23-28)30-15-17-32(18-16-30)44-22-21-40-19-7-6-8-20-40/h9-18,23-24,35H,6-8,19-22,25-26H2,1-5H3,(H,41,42). The minimum atomic E-state index is -0.854. The Morgan fingerprint density at radius 1 is 0.891 bits per heavy atom. The SMILES string of the molecule is CC(C)(C)C(=O)OCc1ccc2c(c1)OC(c1ccc(OCCN3CCCCC3)cc1)C(c1ccc(CC(C)(C)C(=O)O)cc1)=C2. The van der Waals surface area contributed by atoms with Gasteiger partial charge in [-0.15, -0.1) is 0 Å². The third-order valence-electron chi connectivity index (χ3n) is 8.72. The molecule has 2 aliphatic rings. The number of fused-ring (bicyclic) bond motifs is 1. The van der Waals surface area contributed by atoms with Gasteiger partial charge in [0.25, 0.3) is 0 Å². The van der Waals surface area contributed by atoms with Gasteiger partial charge in [-0.1, -0.05) is 55.0 Å². The summed E-state index contributed by atoms with van der Waals surface area (Å²) in [5.41, 5.74) is 4.31. The lowest BCUT2D eigenvalue weighted by Gasteiger charge is -2.29. The molecule has 7 heteroatoms. The van der Waals surface area contributed by atoms with E-state index in [0.717, 1.165) is 64.5 Å². The van der Waals surface area contributed by atoms with Crippen molar-refractivity contribution in [3.63, 3.8) is 0 Å². The van der Waals surface area contributed by atoms with Gasteiger partial charge in [0.05, 0.1) is 10.8 Å². The Labute approximate surface area is 273 Å². The van der Waals surface area contributed by atoms with Crippen molar-refractivity contribution in [3.05, 3.63) is 94.5 Å². The molecule has 0 saturated carbocycles. The quantitative estimate of drug-likeness (QED) is 0.216. The minimum absolute atomic E-state index is 0.172. The third kappa shape index (κ3) is 8.38. The second kappa shape index (κ2) is 14.1. The van der Waals surface area contributed by atoms with Crippen LogP contribution in [0.15, 0.2) is 66.7 Å². The molecule has 1 saturated heterocycles. The van der Waals surface area contributed by atoms with Gasteiger partial charge in [-0.2, -0.15) is 0 Å². The van der Waals surface area contributed by atoms with Crippen molar-refractivity contribution >= 4 is 23.6 Å². The van der Waals surface area contributed by atoms with Crippen LogP contribution in [0.1, 0.15) is 87.8 Å². The number of carbonyl (C=O) groups excluding carboxylic acids is 1. The van der Waals surface area contributed by atoms with Crippen LogP contribution in [0.4, 0.5) is 0 Å². The molecule has 5 rings (SSSR count). The van der Waals surface area contributed by atoms with Gasteiger partial charge in [-0.25, -0.2) is 0 Å². The summed E-state index contributed by atoms with van der Waals surface area (Å²) < 4.78 is 18.4. The Kier molecular flexibility index (Phi) is 10.2. The van der Waals surface area contributed by atoms with Crippen molar-refractivity contribution in [3.8, 4) is 11.5 Å². The Morgan fingerprint density at radius 3 is 2.22 bits per heavy atom. The molecule has 46 heavy (non-hydrogen) atoms. The zero-order valence-corrected chi connectivity index (χ0v) is 27.8. The topological polar surface area (TPSA) is 85.3 Å². The zero-order chi connectivity index (χ0) is 32.9. The first-order chi connectivity index (χ1) is 21.9. The maximum atomic E-state index is 12.4. The number of likely N-dealkylation sites (tertiary alicyclic amines) is 1. The number of hydrogen-bond acceptors (Lipinski definition) is 6. The van der Waals surface area contributed by atoms with Gasteiger partial charge in [0, 0.05) is 17.7 Å². The van der Waals surface area contributed by atoms with Crippen molar-refractivity contribution in [1.29, 1.82) is 0 Å². The fourth-order valence-electron chi connectivity index (χ4n) is 5.79. The highest BCUT2D eigenvalue weighted by Gasteiger charge is 2.29. The Morgan fingerprint density at radius 2 is 1.57 bits per heavy atom. The van der Waals surface area contributed by atoms with Crippen molar-refractivity contribution in [2.75, 3.05) is 26.2 Å². The van der Waals surface area contributed by atoms with Crippen LogP contribution >= 0.6 is 0 Å². The molecule has 7 nitrogen and oxygen atoms in total. The first-order valence-corrected chi connectivity index (χ1v) is 16.4. The predicted molar refractivity (Wildman–Crippen MR) is 181 cm³/mol. The summed E-state index contributed by atoms with van der Waals surface area (Å²) in [4.78, 5) is 26.5. The van der Waals surface area contributed by atoms with E-state index in [4.69, 9.17) is 14.2 Å². The maximum Gasteiger partial charge on any atom is 0.311 e. The molecule has 1 N–H and O–H groups in total. The van der Waals surface area contributed by atoms with E-state index >= 15 is 0 Å². The molecule has 1 atom stereocenters. The lowest BCUT2D eigenvalue weighted by atomic mass is 9.85. The molecule has 0 amide bonds. The van der Waals surface area contributed by atoms with E-state index in [2.05, 4.69) is 23.1 Å². The number of carboxylic acid groups (broad SMARTS) is 1. The fraction of sp³-hybridized carbons (Fsp3) is 0.436. The second-order valence-corrected chi connectivity index (χ2v) is 14.2. The van der Waals surface area contributed by atoms with E-state index in [1.54, 1.807) is 13.8 Å². The number of carbonyl (C=O) groups is 2. The lowest BCUT2D eigenvalue weighted by Crippen LogP contribution is -2.33. The molecule has 2 heterocycles. The molecule has 0 aliphatic carbocycles. The lowest BCUT2D eigenvalue weighted by molar-refractivity contribution is -0.154. The zero-order valence-electron chi connectivity index (χ0n) is 27.8. The molecule has 0 bridgehead atoms. The van der Waals surface area contributed by atoms with Crippen LogP contribution in [0.3, 0.4) is 0 Å². The van der Waals surface area contributed by atoms with E-state index in [-0.39, 0.29) is 18.7 Å². The molecule has 1 unspecified atom stereocenters. The van der Waals surface area contributed by atoms with Crippen LogP contribution in [0, 0.1) is 10.8 Å². The van der Waals surface area contributed by atoms with Crippen molar-refractivity contribution < 1.29 is 28.9 Å². The largest absolute Gasteiger partial charge is 0.492 e. The Bertz CT molecular complexity index is 1540. The summed E-state index contributed by atoms with van der Waals surface area (Å²) in [6.07, 6.45) is 6.05. The van der Waals surface area contributed by atoms with Gasteiger partial charge in [-0.05, 0) is 113 Å². The summed E-state index contributed by atoms with van der Waals surface area (Å²) in [5, 5.41) is 9.60. The normalized spacial score (nSPS) is 17.0. The minimum Gasteiger partial charge on any atom is -0.492 e. The Hall–Kier alpha value is -4.10. The average Bonchev–Trinajstić information content (AvgIpc) is 3.03. The Balaban J connectivity index is 1.38. The van der Waals surface area contributed by atoms with Crippen LogP contribution in [0.5, 0.6) is 11.5 Å². The third-order valence-corrected chi connectivity index (χ3v) is 8.72. The van der Waals surface area contributed by atoms with Crippen molar-refractivity contribution in [2.24, 2.45) is 10.8 Å². The van der Waals surface area contributed by atoms with Crippen LogP contribution < -0.4 is 9.47 Å². The molecular formula is C39H47NO6. The van der Waals surface area contributed by atoms with Crippen LogP contribution in [-0.4, -0.2) is 48.2 Å². The molecule has 0 radical (unpaired) electrons. The van der Waals surface area contributed by atoms with Crippen LogP contribution in [0.2, 0.25) is 0 Å². The highest BCUT2D eigenvalue weighted by atomic mass is 16.5. The van der Waals surface area contributed by atoms with E-state index in [0.29, 0.717) is 13.0 Å². The monoisotopic (exact) mass is 625 g/mol. The van der Waals surface area contributed by atoms with Gasteiger partial charge >= 0.3 is 11.9 Å². The van der Waals surface area contributed by atoms with Crippen LogP contribution in [0.25, 0.3) is 11.6 Å². The molecular weight excluding hydrogens is 578 g/mol. The van der Waals surface area contributed by atoms with Crippen molar-refractivity contribution in [1.82, 2.24) is 4.90 Å². The smallest absolute Gasteiger partial charge is 0.311 e. The van der Waals surface area contributed by atoms with Gasteiger partial charge in [0.2, 0.25) is 0 Å². The molecule has 3 aromatic carbocycles. The second-order valence-electron chi connectivity index (χ2n) is 14.2. The van der Waals surface area contributed by atoms with Crippen LogP contribution in [-0.2, 0) is 27.4 Å². The summed E-state index contributed by atoms with van der Waals surface area (Å²) in [5.74, 6) is 0.485. The predicted octanol–water partition coefficient (Wildman–Crippen LogP) is 7.97. The molecule has 0 spiro atoms. The average molecular weight is 626 g/mol. The fourth-order valence-corrected chi connectivity index (χ4v) is 5.79. The highest BCUT2D eigenvalue weighted by Crippen LogP contribution is 2.43. The molecule has 3 aromatic rings. The van der Waals surface area contributed by atoms with E-state index in [1.165, 1.54) is 19.3 Å². The summed E-state index contributed by atoms with van der Waals surface area (Å²) >= 11 is 0. The van der Waals surface area contributed by atoms with Gasteiger partial charge < -0.3 is 19.3 Å². The number of nitrogens with zero attached hydrogens (tertiary/aromatic N) is 1. The number of esters is 1. The number of rotatable bonds is 11. The number of benzene rings is 3.